The minimum Gasteiger partial charge on any atom is -0.439 e. The molecule has 1 heterocycles. The van der Waals surface area contributed by atoms with E-state index in [-0.39, 0.29) is 11.7 Å². The molecule has 8 heteroatoms. The summed E-state index contributed by atoms with van der Waals surface area (Å²) in [5.74, 6) is -1.51. The molecule has 0 fully saturated rings. The van der Waals surface area contributed by atoms with Gasteiger partial charge in [0.05, 0.1) is 0 Å². The quantitative estimate of drug-likeness (QED) is 0.893. The fourth-order valence-electron chi connectivity index (χ4n) is 1.46. The lowest BCUT2D eigenvalue weighted by Crippen LogP contribution is -2.12. The molecule has 0 unspecified atom stereocenters. The smallest absolute Gasteiger partial charge is 0.439 e. The number of ether oxygens (including phenoxy) is 1. The molecule has 0 spiro atoms. The number of anilines is 1. The number of nitrogens with zero attached hydrogens (tertiary/aromatic N) is 2. The molecule has 0 aliphatic heterocycles. The van der Waals surface area contributed by atoms with E-state index >= 15 is 0 Å². The Hall–Kier alpha value is -1.83. The van der Waals surface area contributed by atoms with Crippen molar-refractivity contribution in [3.63, 3.8) is 0 Å². The molecule has 2 aromatic rings. The number of halogens is 4. The van der Waals surface area contributed by atoms with Gasteiger partial charge in [-0.25, -0.2) is 4.98 Å². The van der Waals surface area contributed by atoms with Gasteiger partial charge in [0.25, 0.3) is 0 Å². The molecular formula is C12H9BrF3N3O. The molecule has 0 saturated carbocycles. The highest BCUT2D eigenvalue weighted by Gasteiger charge is 2.35. The van der Waals surface area contributed by atoms with Crippen molar-refractivity contribution in [3.8, 4) is 11.6 Å². The van der Waals surface area contributed by atoms with Crippen LogP contribution in [0.4, 0.5) is 19.0 Å². The number of aryl methyl sites for hydroxylation is 1. The number of nitrogen functional groups attached to an aromatic ring is 1. The van der Waals surface area contributed by atoms with Crippen LogP contribution in [-0.2, 0) is 6.18 Å². The molecule has 1 aromatic heterocycles. The summed E-state index contributed by atoms with van der Waals surface area (Å²) in [4.78, 5) is 6.45. The normalized spacial score (nSPS) is 11.4. The Morgan fingerprint density at radius 1 is 1.20 bits per heavy atom. The van der Waals surface area contributed by atoms with Gasteiger partial charge < -0.3 is 10.5 Å². The first-order valence-electron chi connectivity index (χ1n) is 5.41. The predicted molar refractivity (Wildman–Crippen MR) is 70.4 cm³/mol. The standard InChI is InChI=1S/C12H9BrF3N3O/c1-6-4-7(13)2-3-8(6)20-10-5-9(17)18-11(19-10)12(14,15)16/h2-5H,1H3,(H2,17,18,19). The average Bonchev–Trinajstić information content (AvgIpc) is 2.31. The van der Waals surface area contributed by atoms with Gasteiger partial charge in [0.2, 0.25) is 11.7 Å². The van der Waals surface area contributed by atoms with Crippen LogP contribution >= 0.6 is 15.9 Å². The summed E-state index contributed by atoms with van der Waals surface area (Å²) in [5, 5.41) is 0. The van der Waals surface area contributed by atoms with Gasteiger partial charge in [-0.2, -0.15) is 18.2 Å². The number of benzene rings is 1. The van der Waals surface area contributed by atoms with Crippen LogP contribution in [-0.4, -0.2) is 9.97 Å². The molecule has 0 saturated heterocycles. The van der Waals surface area contributed by atoms with Crippen molar-refractivity contribution >= 4 is 21.7 Å². The molecule has 2 rings (SSSR count). The first-order chi connectivity index (χ1) is 9.25. The lowest BCUT2D eigenvalue weighted by Gasteiger charge is -2.11. The molecular weight excluding hydrogens is 339 g/mol. The molecule has 0 radical (unpaired) electrons. The maximum absolute atomic E-state index is 12.6. The van der Waals surface area contributed by atoms with Crippen LogP contribution in [0.2, 0.25) is 0 Å². The van der Waals surface area contributed by atoms with Crippen molar-refractivity contribution < 1.29 is 17.9 Å². The number of rotatable bonds is 2. The van der Waals surface area contributed by atoms with Crippen LogP contribution in [0.1, 0.15) is 11.4 Å². The Kier molecular flexibility index (Phi) is 3.85. The number of aromatic nitrogens is 2. The van der Waals surface area contributed by atoms with E-state index in [1.165, 1.54) is 0 Å². The van der Waals surface area contributed by atoms with E-state index in [1.54, 1.807) is 25.1 Å². The van der Waals surface area contributed by atoms with E-state index in [9.17, 15) is 13.2 Å². The fourth-order valence-corrected chi connectivity index (χ4v) is 1.94. The van der Waals surface area contributed by atoms with Crippen LogP contribution in [0.5, 0.6) is 11.6 Å². The molecule has 106 valence electrons. The van der Waals surface area contributed by atoms with Crippen molar-refractivity contribution in [2.24, 2.45) is 0 Å². The maximum Gasteiger partial charge on any atom is 0.451 e. The Morgan fingerprint density at radius 2 is 1.90 bits per heavy atom. The van der Waals surface area contributed by atoms with E-state index < -0.39 is 12.0 Å². The lowest BCUT2D eigenvalue weighted by molar-refractivity contribution is -0.145. The van der Waals surface area contributed by atoms with Gasteiger partial charge in [-0.1, -0.05) is 15.9 Å². The molecule has 20 heavy (non-hydrogen) atoms. The molecule has 0 aliphatic rings. The van der Waals surface area contributed by atoms with Crippen molar-refractivity contribution in [2.75, 3.05) is 5.73 Å². The number of nitrogens with two attached hydrogens (primary N) is 1. The van der Waals surface area contributed by atoms with E-state index in [0.29, 0.717) is 5.75 Å². The zero-order valence-corrected chi connectivity index (χ0v) is 11.8. The van der Waals surface area contributed by atoms with E-state index in [1.807, 2.05) is 0 Å². The largest absolute Gasteiger partial charge is 0.451 e. The number of hydrogen-bond donors (Lipinski definition) is 1. The van der Waals surface area contributed by atoms with Crippen LogP contribution in [0.25, 0.3) is 0 Å². The fraction of sp³-hybridized carbons (Fsp3) is 0.167. The van der Waals surface area contributed by atoms with Crippen LogP contribution < -0.4 is 10.5 Å². The van der Waals surface area contributed by atoms with Gasteiger partial charge in [-0.15, -0.1) is 0 Å². The van der Waals surface area contributed by atoms with Gasteiger partial charge in [0.15, 0.2) is 0 Å². The summed E-state index contributed by atoms with van der Waals surface area (Å²) >= 11 is 3.28. The second-order valence-corrected chi connectivity index (χ2v) is 4.88. The van der Waals surface area contributed by atoms with Crippen LogP contribution in [0.15, 0.2) is 28.7 Å². The zero-order chi connectivity index (χ0) is 14.9. The van der Waals surface area contributed by atoms with E-state index in [0.717, 1.165) is 16.1 Å². The Bertz CT molecular complexity index is 646. The molecule has 0 aliphatic carbocycles. The van der Waals surface area contributed by atoms with Crippen molar-refractivity contribution in [3.05, 3.63) is 40.1 Å². The third-order valence-corrected chi connectivity index (χ3v) is 2.82. The highest BCUT2D eigenvalue weighted by atomic mass is 79.9. The Labute approximate surface area is 120 Å². The maximum atomic E-state index is 12.6. The minimum atomic E-state index is -4.68. The summed E-state index contributed by atoms with van der Waals surface area (Å²) in [5.41, 5.74) is 6.07. The first-order valence-corrected chi connectivity index (χ1v) is 6.21. The van der Waals surface area contributed by atoms with E-state index in [2.05, 4.69) is 25.9 Å². The summed E-state index contributed by atoms with van der Waals surface area (Å²) in [7, 11) is 0. The molecule has 4 nitrogen and oxygen atoms in total. The summed E-state index contributed by atoms with van der Waals surface area (Å²) in [6.07, 6.45) is -4.68. The molecule has 0 bridgehead atoms. The lowest BCUT2D eigenvalue weighted by atomic mass is 10.2. The zero-order valence-electron chi connectivity index (χ0n) is 10.2. The summed E-state index contributed by atoms with van der Waals surface area (Å²) in [6.45, 7) is 1.76. The van der Waals surface area contributed by atoms with Crippen molar-refractivity contribution in [2.45, 2.75) is 13.1 Å². The predicted octanol–water partition coefficient (Wildman–Crippen LogP) is 3.94. The first kappa shape index (κ1) is 14.6. The Morgan fingerprint density at radius 3 is 2.50 bits per heavy atom. The van der Waals surface area contributed by atoms with Crippen LogP contribution in [0.3, 0.4) is 0 Å². The van der Waals surface area contributed by atoms with Crippen molar-refractivity contribution in [1.29, 1.82) is 0 Å². The van der Waals surface area contributed by atoms with Gasteiger partial charge in [0, 0.05) is 10.5 Å². The van der Waals surface area contributed by atoms with E-state index in [4.69, 9.17) is 10.5 Å². The minimum absolute atomic E-state index is 0.254. The topological polar surface area (TPSA) is 61.0 Å². The Balaban J connectivity index is 2.36. The summed E-state index contributed by atoms with van der Waals surface area (Å²) < 4.78 is 43.9. The van der Waals surface area contributed by atoms with Gasteiger partial charge >= 0.3 is 6.18 Å². The van der Waals surface area contributed by atoms with Gasteiger partial charge in [0.1, 0.15) is 11.6 Å². The molecule has 0 amide bonds. The van der Waals surface area contributed by atoms with Gasteiger partial charge in [-0.3, -0.25) is 0 Å². The SMILES string of the molecule is Cc1cc(Br)ccc1Oc1cc(N)nc(C(F)(F)F)n1. The molecule has 2 N–H and O–H groups in total. The van der Waals surface area contributed by atoms with Crippen LogP contribution in [0, 0.1) is 6.92 Å². The number of hydrogen-bond acceptors (Lipinski definition) is 4. The number of alkyl halides is 3. The van der Waals surface area contributed by atoms with Gasteiger partial charge in [-0.05, 0) is 30.7 Å². The second-order valence-electron chi connectivity index (χ2n) is 3.96. The molecule has 1 aromatic carbocycles. The highest BCUT2D eigenvalue weighted by Crippen LogP contribution is 2.31. The summed E-state index contributed by atoms with van der Waals surface area (Å²) in [6, 6.07) is 6.23. The second kappa shape index (κ2) is 5.28. The average molecular weight is 348 g/mol. The molecule has 0 atom stereocenters. The third kappa shape index (κ3) is 3.38. The van der Waals surface area contributed by atoms with Crippen molar-refractivity contribution in [1.82, 2.24) is 9.97 Å². The third-order valence-electron chi connectivity index (χ3n) is 2.33. The monoisotopic (exact) mass is 347 g/mol. The highest BCUT2D eigenvalue weighted by molar-refractivity contribution is 9.10.